The van der Waals surface area contributed by atoms with E-state index in [9.17, 15) is 18.3 Å². The van der Waals surface area contributed by atoms with Gasteiger partial charge in [-0.25, -0.2) is 17.5 Å². The summed E-state index contributed by atoms with van der Waals surface area (Å²) in [7, 11) is -2.21. The Morgan fingerprint density at radius 2 is 1.97 bits per heavy atom. The van der Waals surface area contributed by atoms with E-state index in [0.29, 0.717) is 22.4 Å². The van der Waals surface area contributed by atoms with E-state index in [2.05, 4.69) is 10.3 Å². The molecule has 198 valence electrons. The van der Waals surface area contributed by atoms with Crippen LogP contribution in [0.3, 0.4) is 0 Å². The second-order valence-electron chi connectivity index (χ2n) is 9.56. The number of aliphatic carboxylic acids is 1. The maximum atomic E-state index is 15.5. The van der Waals surface area contributed by atoms with E-state index >= 15 is 4.39 Å². The summed E-state index contributed by atoms with van der Waals surface area (Å²) in [6.07, 6.45) is -0.740. The van der Waals surface area contributed by atoms with Crippen molar-refractivity contribution in [2.24, 2.45) is 7.05 Å². The van der Waals surface area contributed by atoms with Crippen LogP contribution in [-0.4, -0.2) is 51.4 Å². The lowest BCUT2D eigenvalue weighted by Gasteiger charge is -2.24. The van der Waals surface area contributed by atoms with Crippen molar-refractivity contribution in [3.05, 3.63) is 82.7 Å². The molecule has 0 fully saturated rings. The fourth-order valence-corrected chi connectivity index (χ4v) is 6.51. The minimum Gasteiger partial charge on any atom is -0.488 e. The van der Waals surface area contributed by atoms with Gasteiger partial charge < -0.3 is 9.84 Å². The van der Waals surface area contributed by atoms with Crippen molar-refractivity contribution in [2.75, 3.05) is 6.54 Å². The highest BCUT2D eigenvalue weighted by atomic mass is 32.2. The number of hydrogen-bond acceptors (Lipinski definition) is 6. The van der Waals surface area contributed by atoms with E-state index in [0.717, 1.165) is 5.56 Å². The molecule has 1 N–H and O–H groups in total. The number of aromatic nitrogens is 3. The van der Waals surface area contributed by atoms with Gasteiger partial charge in [0.05, 0.1) is 18.5 Å². The number of nitrogens with zero attached hydrogens (tertiary/aromatic N) is 4. The summed E-state index contributed by atoms with van der Waals surface area (Å²) in [4.78, 5) is 11.9. The quantitative estimate of drug-likeness (QED) is 0.395. The second kappa shape index (κ2) is 9.80. The summed E-state index contributed by atoms with van der Waals surface area (Å²) >= 11 is 0. The molecule has 0 saturated carbocycles. The molecule has 0 radical (unpaired) electrons. The first kappa shape index (κ1) is 25.8. The molecule has 0 aliphatic carbocycles. The van der Waals surface area contributed by atoms with Crippen molar-refractivity contribution < 1.29 is 27.4 Å². The van der Waals surface area contributed by atoms with Crippen LogP contribution in [-0.2, 0) is 28.4 Å². The van der Waals surface area contributed by atoms with Crippen LogP contribution in [0.1, 0.15) is 41.5 Å². The topological polar surface area (TPSA) is 115 Å². The Hall–Kier alpha value is -3.83. The number of halogens is 1. The molecule has 1 unspecified atom stereocenters. The van der Waals surface area contributed by atoms with Gasteiger partial charge in [-0.3, -0.25) is 4.79 Å². The molecule has 0 amide bonds. The van der Waals surface area contributed by atoms with E-state index in [1.54, 1.807) is 55.6 Å². The normalized spacial score (nSPS) is 17.9. The molecule has 2 heterocycles. The minimum atomic E-state index is -3.86. The van der Waals surface area contributed by atoms with Crippen molar-refractivity contribution >= 4 is 27.0 Å². The third-order valence-corrected chi connectivity index (χ3v) is 8.74. The van der Waals surface area contributed by atoms with Crippen LogP contribution in [0.5, 0.6) is 5.75 Å². The monoisotopic (exact) mass is 538 g/mol. The molecule has 1 aromatic heterocycles. The highest BCUT2D eigenvalue weighted by Crippen LogP contribution is 2.35. The Balaban J connectivity index is 1.56. The number of benzene rings is 3. The smallest absolute Gasteiger partial charge is 0.304 e. The molecule has 1 aliphatic heterocycles. The highest BCUT2D eigenvalue weighted by Gasteiger charge is 2.34. The molecule has 4 aromatic rings. The average Bonchev–Trinajstić information content (AvgIpc) is 3.21. The zero-order valence-electron chi connectivity index (χ0n) is 21.1. The summed E-state index contributed by atoms with van der Waals surface area (Å²) in [5, 5.41) is 17.4. The van der Waals surface area contributed by atoms with Gasteiger partial charge in [0.25, 0.3) is 0 Å². The number of aryl methyl sites for hydroxylation is 2. The van der Waals surface area contributed by atoms with E-state index < -0.39 is 27.7 Å². The van der Waals surface area contributed by atoms with Gasteiger partial charge >= 0.3 is 5.97 Å². The molecular formula is C27H27FN4O5S. The van der Waals surface area contributed by atoms with Crippen LogP contribution in [0.15, 0.2) is 59.5 Å². The lowest BCUT2D eigenvalue weighted by Crippen LogP contribution is -2.35. The molecule has 11 heteroatoms. The first-order valence-corrected chi connectivity index (χ1v) is 13.5. The number of sulfonamides is 1. The first-order valence-electron chi connectivity index (χ1n) is 12.1. The number of hydrogen-bond donors (Lipinski definition) is 1. The molecule has 0 saturated heterocycles. The third kappa shape index (κ3) is 4.63. The number of ether oxygens (including phenoxy) is 1. The number of carboxylic acids is 1. The number of carboxylic acid groups (broad SMARTS) is 1. The van der Waals surface area contributed by atoms with Crippen molar-refractivity contribution in [1.82, 2.24) is 19.3 Å². The van der Waals surface area contributed by atoms with Gasteiger partial charge in [-0.1, -0.05) is 41.6 Å². The maximum Gasteiger partial charge on any atom is 0.304 e. The molecule has 1 aliphatic rings. The highest BCUT2D eigenvalue weighted by molar-refractivity contribution is 7.89. The summed E-state index contributed by atoms with van der Waals surface area (Å²) in [6, 6.07) is 15.1. The van der Waals surface area contributed by atoms with E-state index in [1.165, 1.54) is 15.1 Å². The second-order valence-corrected chi connectivity index (χ2v) is 11.5. The zero-order chi connectivity index (χ0) is 27.2. The number of fused-ring (bicyclic) bond motifs is 2. The first-order chi connectivity index (χ1) is 18.1. The predicted octanol–water partition coefficient (Wildman–Crippen LogP) is 3.99. The van der Waals surface area contributed by atoms with Gasteiger partial charge in [-0.15, -0.1) is 5.10 Å². The van der Waals surface area contributed by atoms with Crippen LogP contribution >= 0.6 is 0 Å². The molecule has 9 nitrogen and oxygen atoms in total. The third-order valence-electron chi connectivity index (χ3n) is 6.88. The predicted molar refractivity (Wildman–Crippen MR) is 138 cm³/mol. The van der Waals surface area contributed by atoms with Crippen molar-refractivity contribution in [3.8, 4) is 5.75 Å². The molecule has 3 aromatic carbocycles. The largest absolute Gasteiger partial charge is 0.488 e. The van der Waals surface area contributed by atoms with Crippen LogP contribution < -0.4 is 4.74 Å². The Kier molecular flexibility index (Phi) is 6.66. The summed E-state index contributed by atoms with van der Waals surface area (Å²) < 4.78 is 51.3. The lowest BCUT2D eigenvalue weighted by molar-refractivity contribution is -0.137. The standard InChI is InChI=1S/C27H27FN4O5S/c1-16-8-9-18(21(13-25(33)34)20-10-11-22-27(26(20)28)29-30-31(22)3)12-19(16)15-32-14-17(2)37-23-6-4-5-7-24(23)38(32,35)36/h4-12,17,21H,13-15H2,1-3H3,(H,33,34)/t17-,21?/m1/s1. The molecule has 2 atom stereocenters. The van der Waals surface area contributed by atoms with Crippen molar-refractivity contribution in [2.45, 2.75) is 43.7 Å². The summed E-state index contributed by atoms with van der Waals surface area (Å²) in [5.41, 5.74) is 2.83. The van der Waals surface area contributed by atoms with Gasteiger partial charge in [0.2, 0.25) is 10.0 Å². The molecule has 0 spiro atoms. The van der Waals surface area contributed by atoms with Crippen molar-refractivity contribution in [3.63, 3.8) is 0 Å². The van der Waals surface area contributed by atoms with E-state index in [4.69, 9.17) is 4.74 Å². The summed E-state index contributed by atoms with van der Waals surface area (Å²) in [6.45, 7) is 3.85. The molecule has 5 rings (SSSR count). The Bertz CT molecular complexity index is 1650. The van der Waals surface area contributed by atoms with Gasteiger partial charge in [0.1, 0.15) is 22.3 Å². The van der Waals surface area contributed by atoms with Crippen LogP contribution in [0.4, 0.5) is 4.39 Å². The molecular weight excluding hydrogens is 511 g/mol. The van der Waals surface area contributed by atoms with E-state index in [-0.39, 0.29) is 41.6 Å². The van der Waals surface area contributed by atoms with Gasteiger partial charge in [-0.2, -0.15) is 4.31 Å². The van der Waals surface area contributed by atoms with Gasteiger partial charge in [0.15, 0.2) is 5.82 Å². The number of carbonyl (C=O) groups is 1. The van der Waals surface area contributed by atoms with Crippen molar-refractivity contribution in [1.29, 1.82) is 0 Å². The van der Waals surface area contributed by atoms with Gasteiger partial charge in [0, 0.05) is 19.5 Å². The Morgan fingerprint density at radius 1 is 1.21 bits per heavy atom. The maximum absolute atomic E-state index is 15.5. The number of para-hydroxylation sites is 1. The summed E-state index contributed by atoms with van der Waals surface area (Å²) in [5.74, 6) is -2.22. The molecule has 38 heavy (non-hydrogen) atoms. The van der Waals surface area contributed by atoms with Crippen LogP contribution in [0, 0.1) is 12.7 Å². The number of rotatable bonds is 6. The fraction of sp³-hybridized carbons (Fsp3) is 0.296. The zero-order valence-corrected chi connectivity index (χ0v) is 21.9. The van der Waals surface area contributed by atoms with Gasteiger partial charge in [-0.05, 0) is 54.3 Å². The lowest BCUT2D eigenvalue weighted by atomic mass is 9.86. The fourth-order valence-electron chi connectivity index (χ4n) is 4.89. The van der Waals surface area contributed by atoms with Crippen LogP contribution in [0.2, 0.25) is 0 Å². The van der Waals surface area contributed by atoms with E-state index in [1.807, 2.05) is 13.8 Å². The minimum absolute atomic E-state index is 0.0511. The average molecular weight is 539 g/mol. The Labute approximate surface area is 219 Å². The van der Waals surface area contributed by atoms with Crippen LogP contribution in [0.25, 0.3) is 11.0 Å². The Morgan fingerprint density at radius 3 is 2.74 bits per heavy atom. The molecule has 0 bridgehead atoms. The SMILES string of the molecule is Cc1ccc(C(CC(=O)O)c2ccc3c(nnn3C)c2F)cc1CN1C[C@@H](C)Oc2ccccc2S1(=O)=O.